The minimum Gasteiger partial charge on any atom is -0.368 e. The molecule has 2 aromatic heterocycles. The van der Waals surface area contributed by atoms with Gasteiger partial charge in [-0.05, 0) is 26.7 Å². The Morgan fingerprint density at radius 2 is 2.00 bits per heavy atom. The standard InChI is InChI=1S/C14H20ClN7/c1-9(2)22-8-17-20-13(22)10-3-5-21(6-4-10)12-7-11(15)18-14(16)19-12/h7-10H,3-6H2,1-2H3,(H2,16,18,19). The number of nitrogens with zero attached hydrogens (tertiary/aromatic N) is 6. The third-order valence-electron chi connectivity index (χ3n) is 4.04. The summed E-state index contributed by atoms with van der Waals surface area (Å²) in [6.07, 6.45) is 3.83. The Hall–Kier alpha value is -1.89. The van der Waals surface area contributed by atoms with E-state index in [1.807, 2.05) is 6.33 Å². The van der Waals surface area contributed by atoms with E-state index in [1.54, 1.807) is 6.07 Å². The van der Waals surface area contributed by atoms with E-state index >= 15 is 0 Å². The fourth-order valence-electron chi connectivity index (χ4n) is 2.89. The van der Waals surface area contributed by atoms with Crippen molar-refractivity contribution < 1.29 is 0 Å². The van der Waals surface area contributed by atoms with E-state index in [4.69, 9.17) is 17.3 Å². The molecule has 0 aliphatic carbocycles. The number of aromatic nitrogens is 5. The summed E-state index contributed by atoms with van der Waals surface area (Å²) in [4.78, 5) is 10.4. The predicted molar refractivity (Wildman–Crippen MR) is 86.0 cm³/mol. The lowest BCUT2D eigenvalue weighted by atomic mass is 9.95. The van der Waals surface area contributed by atoms with Crippen LogP contribution < -0.4 is 10.6 Å². The SMILES string of the molecule is CC(C)n1cnnc1C1CCN(c2cc(Cl)nc(N)n2)CC1. The lowest BCUT2D eigenvalue weighted by molar-refractivity contribution is 0.447. The Balaban J connectivity index is 1.71. The molecule has 3 heterocycles. The summed E-state index contributed by atoms with van der Waals surface area (Å²) in [6, 6.07) is 2.14. The van der Waals surface area contributed by atoms with Crippen LogP contribution >= 0.6 is 11.6 Å². The fraction of sp³-hybridized carbons (Fsp3) is 0.571. The van der Waals surface area contributed by atoms with Gasteiger partial charge in [-0.3, -0.25) is 0 Å². The molecule has 8 heteroatoms. The van der Waals surface area contributed by atoms with Crippen LogP contribution in [0.15, 0.2) is 12.4 Å². The highest BCUT2D eigenvalue weighted by Gasteiger charge is 2.26. The molecule has 0 spiro atoms. The van der Waals surface area contributed by atoms with Crippen LogP contribution in [0.1, 0.15) is 44.5 Å². The van der Waals surface area contributed by atoms with Crippen LogP contribution in [-0.4, -0.2) is 37.8 Å². The van der Waals surface area contributed by atoms with Gasteiger partial charge in [-0.15, -0.1) is 10.2 Å². The van der Waals surface area contributed by atoms with Gasteiger partial charge in [-0.2, -0.15) is 4.98 Å². The van der Waals surface area contributed by atoms with Gasteiger partial charge in [0.1, 0.15) is 23.1 Å². The van der Waals surface area contributed by atoms with Crippen molar-refractivity contribution in [2.24, 2.45) is 0 Å². The molecule has 2 aromatic rings. The zero-order chi connectivity index (χ0) is 15.7. The van der Waals surface area contributed by atoms with Crippen molar-refractivity contribution in [1.82, 2.24) is 24.7 Å². The smallest absolute Gasteiger partial charge is 0.223 e. The summed E-state index contributed by atoms with van der Waals surface area (Å²) in [6.45, 7) is 6.08. The molecule has 1 aliphatic heterocycles. The van der Waals surface area contributed by atoms with Crippen LogP contribution in [0.25, 0.3) is 0 Å². The van der Waals surface area contributed by atoms with Crippen molar-refractivity contribution in [3.05, 3.63) is 23.4 Å². The minimum absolute atomic E-state index is 0.212. The predicted octanol–water partition coefficient (Wildman–Crippen LogP) is 2.27. The van der Waals surface area contributed by atoms with Gasteiger partial charge in [0, 0.05) is 31.1 Å². The second kappa shape index (κ2) is 6.08. The molecule has 0 aromatic carbocycles. The molecule has 7 nitrogen and oxygen atoms in total. The molecule has 1 aliphatic rings. The van der Waals surface area contributed by atoms with Gasteiger partial charge in [0.15, 0.2) is 0 Å². The number of halogens is 1. The Morgan fingerprint density at radius 3 is 2.64 bits per heavy atom. The summed E-state index contributed by atoms with van der Waals surface area (Å²) in [5.41, 5.74) is 5.67. The van der Waals surface area contributed by atoms with E-state index in [-0.39, 0.29) is 5.95 Å². The number of piperidine rings is 1. The molecule has 0 saturated carbocycles. The zero-order valence-corrected chi connectivity index (χ0v) is 13.5. The number of hydrogen-bond donors (Lipinski definition) is 1. The molecule has 2 N–H and O–H groups in total. The summed E-state index contributed by atoms with van der Waals surface area (Å²) in [7, 11) is 0. The van der Waals surface area contributed by atoms with Crippen LogP contribution in [0.2, 0.25) is 5.15 Å². The van der Waals surface area contributed by atoms with E-state index in [2.05, 4.69) is 43.5 Å². The third-order valence-corrected chi connectivity index (χ3v) is 4.23. The number of hydrogen-bond acceptors (Lipinski definition) is 6. The normalized spacial score (nSPS) is 16.5. The molecule has 0 atom stereocenters. The van der Waals surface area contributed by atoms with Gasteiger partial charge in [0.25, 0.3) is 0 Å². The van der Waals surface area contributed by atoms with Gasteiger partial charge in [-0.1, -0.05) is 11.6 Å². The molecule has 3 rings (SSSR count). The summed E-state index contributed by atoms with van der Waals surface area (Å²) < 4.78 is 2.15. The van der Waals surface area contributed by atoms with Crippen LogP contribution in [0.4, 0.5) is 11.8 Å². The number of anilines is 2. The van der Waals surface area contributed by atoms with Gasteiger partial charge < -0.3 is 15.2 Å². The topological polar surface area (TPSA) is 85.8 Å². The van der Waals surface area contributed by atoms with Gasteiger partial charge >= 0.3 is 0 Å². The number of nitrogens with two attached hydrogens (primary N) is 1. The van der Waals surface area contributed by atoms with E-state index in [9.17, 15) is 0 Å². The van der Waals surface area contributed by atoms with Gasteiger partial charge in [0.05, 0.1) is 0 Å². The average molecular weight is 322 g/mol. The first-order valence-corrected chi connectivity index (χ1v) is 7.87. The van der Waals surface area contributed by atoms with Crippen molar-refractivity contribution in [1.29, 1.82) is 0 Å². The molecule has 0 bridgehead atoms. The molecular formula is C14H20ClN7. The van der Waals surface area contributed by atoms with Crippen LogP contribution in [-0.2, 0) is 0 Å². The van der Waals surface area contributed by atoms with Crippen LogP contribution in [0, 0.1) is 0 Å². The van der Waals surface area contributed by atoms with Crippen molar-refractivity contribution in [3.8, 4) is 0 Å². The second-order valence-electron chi connectivity index (χ2n) is 5.86. The maximum Gasteiger partial charge on any atom is 0.223 e. The first-order valence-electron chi connectivity index (χ1n) is 7.49. The van der Waals surface area contributed by atoms with E-state index in [0.717, 1.165) is 37.6 Å². The molecule has 0 unspecified atom stereocenters. The summed E-state index contributed by atoms with van der Waals surface area (Å²) in [5.74, 6) is 2.51. The molecule has 0 amide bonds. The van der Waals surface area contributed by atoms with Crippen LogP contribution in [0.5, 0.6) is 0 Å². The minimum atomic E-state index is 0.212. The summed E-state index contributed by atoms with van der Waals surface area (Å²) in [5, 5.41) is 8.76. The van der Waals surface area contributed by atoms with Crippen molar-refractivity contribution in [3.63, 3.8) is 0 Å². The Morgan fingerprint density at radius 1 is 1.27 bits per heavy atom. The van der Waals surface area contributed by atoms with Gasteiger partial charge in [-0.25, -0.2) is 4.98 Å². The number of rotatable bonds is 3. The molecule has 118 valence electrons. The second-order valence-corrected chi connectivity index (χ2v) is 6.25. The maximum atomic E-state index is 5.96. The Labute approximate surface area is 134 Å². The van der Waals surface area contributed by atoms with E-state index in [0.29, 0.717) is 17.1 Å². The zero-order valence-electron chi connectivity index (χ0n) is 12.8. The average Bonchev–Trinajstić information content (AvgIpc) is 2.96. The number of nitrogen functional groups attached to an aromatic ring is 1. The highest BCUT2D eigenvalue weighted by atomic mass is 35.5. The monoisotopic (exact) mass is 321 g/mol. The quantitative estimate of drug-likeness (QED) is 0.873. The van der Waals surface area contributed by atoms with Crippen molar-refractivity contribution in [2.75, 3.05) is 23.7 Å². The molecule has 22 heavy (non-hydrogen) atoms. The molecule has 1 fully saturated rings. The van der Waals surface area contributed by atoms with E-state index in [1.165, 1.54) is 0 Å². The maximum absolute atomic E-state index is 5.96. The van der Waals surface area contributed by atoms with E-state index < -0.39 is 0 Å². The Kier molecular flexibility index (Phi) is 4.15. The molecular weight excluding hydrogens is 302 g/mol. The molecule has 1 saturated heterocycles. The first-order chi connectivity index (χ1) is 10.5. The molecule has 0 radical (unpaired) electrons. The highest BCUT2D eigenvalue weighted by molar-refractivity contribution is 6.29. The van der Waals surface area contributed by atoms with Crippen molar-refractivity contribution >= 4 is 23.4 Å². The lowest BCUT2D eigenvalue weighted by Gasteiger charge is -2.32. The lowest BCUT2D eigenvalue weighted by Crippen LogP contribution is -2.34. The fourth-order valence-corrected chi connectivity index (χ4v) is 3.08. The Bertz CT molecular complexity index is 626. The van der Waals surface area contributed by atoms with Crippen LogP contribution in [0.3, 0.4) is 0 Å². The third kappa shape index (κ3) is 2.99. The summed E-state index contributed by atoms with van der Waals surface area (Å²) >= 11 is 5.96. The largest absolute Gasteiger partial charge is 0.368 e. The highest BCUT2D eigenvalue weighted by Crippen LogP contribution is 2.30. The van der Waals surface area contributed by atoms with Crippen molar-refractivity contribution in [2.45, 2.75) is 38.6 Å². The first kappa shape index (κ1) is 15.0. The van der Waals surface area contributed by atoms with Gasteiger partial charge in [0.2, 0.25) is 5.95 Å².